The number of hydrogen-bond acceptors (Lipinski definition) is 3. The summed E-state index contributed by atoms with van der Waals surface area (Å²) in [6, 6.07) is 5.42. The Morgan fingerprint density at radius 2 is 1.94 bits per heavy atom. The molecule has 0 aliphatic heterocycles. The van der Waals surface area contributed by atoms with Crippen molar-refractivity contribution >= 4 is 34.5 Å². The second-order valence-electron chi connectivity index (χ2n) is 4.78. The number of benzene rings is 1. The van der Waals surface area contributed by atoms with Gasteiger partial charge in [-0.3, -0.25) is 0 Å². The van der Waals surface area contributed by atoms with Gasteiger partial charge in [-0.2, -0.15) is 0 Å². The van der Waals surface area contributed by atoms with Crippen molar-refractivity contribution < 1.29 is 0 Å². The Labute approximate surface area is 121 Å². The summed E-state index contributed by atoms with van der Waals surface area (Å²) in [5.41, 5.74) is 7.58. The number of halogens is 2. The van der Waals surface area contributed by atoms with E-state index in [1.54, 1.807) is 17.4 Å². The normalized spacial score (nSPS) is 11.9. The van der Waals surface area contributed by atoms with Gasteiger partial charge in [-0.15, -0.1) is 11.3 Å². The molecule has 1 heterocycles. The van der Waals surface area contributed by atoms with Crippen LogP contribution in [0, 0.1) is 6.92 Å². The van der Waals surface area contributed by atoms with Gasteiger partial charge in [0.25, 0.3) is 0 Å². The fourth-order valence-electron chi connectivity index (χ4n) is 1.77. The zero-order valence-corrected chi connectivity index (χ0v) is 12.7. The molecule has 0 bridgehead atoms. The highest BCUT2D eigenvalue weighted by molar-refractivity contribution is 7.15. The highest BCUT2D eigenvalue weighted by atomic mass is 35.5. The van der Waals surface area contributed by atoms with Crippen LogP contribution in [-0.4, -0.2) is 4.98 Å². The third kappa shape index (κ3) is 2.69. The molecule has 0 aliphatic rings. The van der Waals surface area contributed by atoms with Gasteiger partial charge in [0.2, 0.25) is 0 Å². The van der Waals surface area contributed by atoms with Crippen LogP contribution >= 0.6 is 34.5 Å². The first-order valence-electron chi connectivity index (χ1n) is 5.51. The predicted octanol–water partition coefficient (Wildman–Crippen LogP) is 4.62. The van der Waals surface area contributed by atoms with Gasteiger partial charge >= 0.3 is 0 Å². The maximum Gasteiger partial charge on any atom is 0.125 e. The molecule has 0 spiro atoms. The van der Waals surface area contributed by atoms with Gasteiger partial charge in [0, 0.05) is 21.0 Å². The third-order valence-corrected chi connectivity index (χ3v) is 4.62. The van der Waals surface area contributed by atoms with E-state index in [-0.39, 0.29) is 5.54 Å². The average Bonchev–Trinajstić information content (AvgIpc) is 2.59. The summed E-state index contributed by atoms with van der Waals surface area (Å²) in [6.45, 7) is 5.91. The summed E-state index contributed by atoms with van der Waals surface area (Å²) in [5.74, 6) is 0. The van der Waals surface area contributed by atoms with Crippen LogP contribution in [0.5, 0.6) is 0 Å². The molecule has 96 valence electrons. The third-order valence-electron chi connectivity index (χ3n) is 2.54. The lowest BCUT2D eigenvalue weighted by Gasteiger charge is -2.16. The first-order chi connectivity index (χ1) is 8.29. The molecule has 2 rings (SSSR count). The molecule has 0 unspecified atom stereocenters. The molecule has 1 aromatic carbocycles. The molecule has 2 nitrogen and oxygen atoms in total. The fraction of sp³-hybridized carbons (Fsp3) is 0.308. The number of nitrogens with two attached hydrogens (primary N) is 1. The number of thiazole rings is 1. The minimum Gasteiger partial charge on any atom is -0.321 e. The molecule has 0 saturated carbocycles. The van der Waals surface area contributed by atoms with Crippen molar-refractivity contribution in [2.45, 2.75) is 26.3 Å². The van der Waals surface area contributed by atoms with E-state index < -0.39 is 0 Å². The van der Waals surface area contributed by atoms with E-state index in [2.05, 4.69) is 4.98 Å². The number of aromatic nitrogens is 1. The van der Waals surface area contributed by atoms with Gasteiger partial charge in [-0.25, -0.2) is 4.98 Å². The molecule has 5 heteroatoms. The SMILES string of the molecule is Cc1nc(-c2ccc(Cl)cc2Cl)sc1C(C)(C)N. The van der Waals surface area contributed by atoms with E-state index in [4.69, 9.17) is 28.9 Å². The van der Waals surface area contributed by atoms with Crippen molar-refractivity contribution in [3.05, 3.63) is 38.8 Å². The quantitative estimate of drug-likeness (QED) is 0.879. The van der Waals surface area contributed by atoms with Crippen LogP contribution in [0.25, 0.3) is 10.6 Å². The second kappa shape index (κ2) is 4.82. The van der Waals surface area contributed by atoms with E-state index in [1.807, 2.05) is 32.9 Å². The summed E-state index contributed by atoms with van der Waals surface area (Å²) in [6.07, 6.45) is 0. The molecule has 18 heavy (non-hydrogen) atoms. The molecule has 0 radical (unpaired) electrons. The highest BCUT2D eigenvalue weighted by Crippen LogP contribution is 2.37. The maximum atomic E-state index is 6.19. The highest BCUT2D eigenvalue weighted by Gasteiger charge is 2.22. The lowest BCUT2D eigenvalue weighted by Crippen LogP contribution is -2.28. The molecule has 0 aliphatic carbocycles. The van der Waals surface area contributed by atoms with Crippen LogP contribution < -0.4 is 5.73 Å². The lowest BCUT2D eigenvalue weighted by molar-refractivity contribution is 0.562. The van der Waals surface area contributed by atoms with E-state index >= 15 is 0 Å². The fourth-order valence-corrected chi connectivity index (χ4v) is 3.45. The van der Waals surface area contributed by atoms with Gasteiger partial charge in [0.05, 0.1) is 10.7 Å². The van der Waals surface area contributed by atoms with Gasteiger partial charge < -0.3 is 5.73 Å². The molecule has 2 N–H and O–H groups in total. The second-order valence-corrected chi connectivity index (χ2v) is 6.62. The minimum atomic E-state index is -0.390. The Hall–Kier alpha value is -0.610. The van der Waals surface area contributed by atoms with Crippen LogP contribution in [0.15, 0.2) is 18.2 Å². The van der Waals surface area contributed by atoms with Crippen molar-refractivity contribution in [1.29, 1.82) is 0 Å². The van der Waals surface area contributed by atoms with Gasteiger partial charge in [-0.05, 0) is 39.0 Å². The molecule has 0 amide bonds. The predicted molar refractivity (Wildman–Crippen MR) is 79.5 cm³/mol. The van der Waals surface area contributed by atoms with E-state index in [9.17, 15) is 0 Å². The minimum absolute atomic E-state index is 0.390. The van der Waals surface area contributed by atoms with Gasteiger partial charge in [0.15, 0.2) is 0 Å². The number of hydrogen-bond donors (Lipinski definition) is 1. The number of nitrogens with zero attached hydrogens (tertiary/aromatic N) is 1. The summed E-state index contributed by atoms with van der Waals surface area (Å²) >= 11 is 13.7. The van der Waals surface area contributed by atoms with Crippen LogP contribution in [-0.2, 0) is 5.54 Å². The van der Waals surface area contributed by atoms with Crippen LogP contribution in [0.3, 0.4) is 0 Å². The first kappa shape index (κ1) is 13.8. The molecular formula is C13H14Cl2N2S. The van der Waals surface area contributed by atoms with E-state index in [1.165, 1.54) is 0 Å². The Kier molecular flexibility index (Phi) is 3.70. The van der Waals surface area contributed by atoms with Crippen molar-refractivity contribution in [2.75, 3.05) is 0 Å². The molecule has 0 saturated heterocycles. The van der Waals surface area contributed by atoms with E-state index in [0.717, 1.165) is 21.1 Å². The lowest BCUT2D eigenvalue weighted by atomic mass is 10.0. The summed E-state index contributed by atoms with van der Waals surface area (Å²) in [7, 11) is 0. The summed E-state index contributed by atoms with van der Waals surface area (Å²) < 4.78 is 0. The summed E-state index contributed by atoms with van der Waals surface area (Å²) in [4.78, 5) is 5.62. The molecule has 0 atom stereocenters. The van der Waals surface area contributed by atoms with Crippen molar-refractivity contribution in [3.8, 4) is 10.6 Å². The van der Waals surface area contributed by atoms with Gasteiger partial charge in [-0.1, -0.05) is 23.2 Å². The molecule has 0 fully saturated rings. The number of rotatable bonds is 2. The summed E-state index contributed by atoms with van der Waals surface area (Å²) in [5, 5.41) is 2.11. The van der Waals surface area contributed by atoms with Crippen molar-refractivity contribution in [2.24, 2.45) is 5.73 Å². The zero-order chi connectivity index (χ0) is 13.5. The Morgan fingerprint density at radius 1 is 1.28 bits per heavy atom. The largest absolute Gasteiger partial charge is 0.321 e. The zero-order valence-electron chi connectivity index (χ0n) is 10.4. The monoisotopic (exact) mass is 300 g/mol. The van der Waals surface area contributed by atoms with Crippen LogP contribution in [0.1, 0.15) is 24.4 Å². The van der Waals surface area contributed by atoms with Crippen LogP contribution in [0.4, 0.5) is 0 Å². The average molecular weight is 301 g/mol. The smallest absolute Gasteiger partial charge is 0.125 e. The Morgan fingerprint density at radius 3 is 2.44 bits per heavy atom. The standard InChI is InChI=1S/C13H14Cl2N2S/c1-7-11(13(2,3)16)18-12(17-7)9-5-4-8(14)6-10(9)15/h4-6H,16H2,1-3H3. The first-order valence-corrected chi connectivity index (χ1v) is 7.08. The van der Waals surface area contributed by atoms with Crippen molar-refractivity contribution in [1.82, 2.24) is 4.98 Å². The maximum absolute atomic E-state index is 6.19. The Balaban J connectivity index is 2.53. The van der Waals surface area contributed by atoms with Gasteiger partial charge in [0.1, 0.15) is 5.01 Å². The van der Waals surface area contributed by atoms with Crippen molar-refractivity contribution in [3.63, 3.8) is 0 Å². The number of aryl methyl sites for hydroxylation is 1. The van der Waals surface area contributed by atoms with E-state index in [0.29, 0.717) is 10.0 Å². The Bertz CT molecular complexity index is 585. The topological polar surface area (TPSA) is 38.9 Å². The van der Waals surface area contributed by atoms with Crippen LogP contribution in [0.2, 0.25) is 10.0 Å². The molecular weight excluding hydrogens is 287 g/mol. The molecule has 2 aromatic rings. The molecule has 1 aromatic heterocycles.